The third-order valence-corrected chi connectivity index (χ3v) is 1.07. The summed E-state index contributed by atoms with van der Waals surface area (Å²) in [6, 6.07) is 2.87. The van der Waals surface area contributed by atoms with Gasteiger partial charge in [0.05, 0.1) is 0 Å². The molecule has 0 atom stereocenters. The number of nitrogens with one attached hydrogen (secondary N) is 1. The normalized spacial score (nSPS) is 9.80. The molecule has 0 aromatic carbocycles. The van der Waals surface area contributed by atoms with E-state index in [2.05, 4.69) is 4.98 Å². The number of hydrogen-bond donors (Lipinski definition) is 2. The van der Waals surface area contributed by atoms with Gasteiger partial charge in [-0.25, -0.2) is 10.5 Å². The van der Waals surface area contributed by atoms with Crippen LogP contribution < -0.4 is 5.48 Å². The van der Waals surface area contributed by atoms with Crippen LogP contribution >= 0.6 is 0 Å². The second-order valence-electron chi connectivity index (χ2n) is 1.82. The summed E-state index contributed by atoms with van der Waals surface area (Å²) in [6.45, 7) is 0.236. The average molecular weight is 142 g/mol. The van der Waals surface area contributed by atoms with Gasteiger partial charge >= 0.3 is 0 Å². The number of hydrogen-bond acceptors (Lipinski definition) is 3. The van der Waals surface area contributed by atoms with Crippen LogP contribution in [0.5, 0.6) is 0 Å². The second kappa shape index (κ2) is 3.24. The summed E-state index contributed by atoms with van der Waals surface area (Å²) < 4.78 is 12.3. The van der Waals surface area contributed by atoms with Crippen molar-refractivity contribution >= 4 is 0 Å². The van der Waals surface area contributed by atoms with Gasteiger partial charge in [-0.05, 0) is 17.7 Å². The first-order valence-corrected chi connectivity index (χ1v) is 2.80. The summed E-state index contributed by atoms with van der Waals surface area (Å²) in [4.78, 5) is 3.35. The van der Waals surface area contributed by atoms with Gasteiger partial charge in [-0.15, -0.1) is 0 Å². The van der Waals surface area contributed by atoms with E-state index >= 15 is 0 Å². The van der Waals surface area contributed by atoms with Crippen molar-refractivity contribution in [1.82, 2.24) is 10.5 Å². The van der Waals surface area contributed by atoms with Crippen molar-refractivity contribution in [3.8, 4) is 0 Å². The lowest BCUT2D eigenvalue weighted by Crippen LogP contribution is -2.06. The van der Waals surface area contributed by atoms with Crippen molar-refractivity contribution in [2.24, 2.45) is 0 Å². The maximum atomic E-state index is 12.3. The van der Waals surface area contributed by atoms with Crippen LogP contribution in [0.2, 0.25) is 0 Å². The van der Waals surface area contributed by atoms with E-state index in [0.717, 1.165) is 0 Å². The van der Waals surface area contributed by atoms with Crippen LogP contribution in [-0.2, 0) is 6.54 Å². The molecule has 0 spiro atoms. The zero-order valence-corrected chi connectivity index (χ0v) is 5.21. The van der Waals surface area contributed by atoms with Gasteiger partial charge in [0.25, 0.3) is 0 Å². The fourth-order valence-electron chi connectivity index (χ4n) is 0.644. The molecule has 0 saturated carbocycles. The number of hydroxylamine groups is 1. The highest BCUT2D eigenvalue weighted by molar-refractivity contribution is 5.09. The van der Waals surface area contributed by atoms with Crippen LogP contribution in [0.25, 0.3) is 0 Å². The van der Waals surface area contributed by atoms with Crippen molar-refractivity contribution in [3.63, 3.8) is 0 Å². The number of aromatic nitrogens is 1. The first-order chi connectivity index (χ1) is 4.83. The topological polar surface area (TPSA) is 45.1 Å². The minimum absolute atomic E-state index is 0.236. The van der Waals surface area contributed by atoms with E-state index in [-0.39, 0.29) is 6.54 Å². The third kappa shape index (κ3) is 1.75. The van der Waals surface area contributed by atoms with E-state index < -0.39 is 5.95 Å². The predicted octanol–water partition coefficient (Wildman–Crippen LogP) is 0.700. The molecule has 1 aromatic heterocycles. The Bertz CT molecular complexity index is 217. The van der Waals surface area contributed by atoms with Gasteiger partial charge in [-0.3, -0.25) is 0 Å². The van der Waals surface area contributed by atoms with Crippen molar-refractivity contribution < 1.29 is 9.60 Å². The van der Waals surface area contributed by atoms with E-state index in [0.29, 0.717) is 5.56 Å². The zero-order valence-electron chi connectivity index (χ0n) is 5.21. The van der Waals surface area contributed by atoms with Gasteiger partial charge in [0.1, 0.15) is 0 Å². The van der Waals surface area contributed by atoms with Crippen LogP contribution in [0.4, 0.5) is 4.39 Å². The maximum absolute atomic E-state index is 12.3. The Balaban J connectivity index is 2.75. The number of rotatable bonds is 2. The zero-order chi connectivity index (χ0) is 7.40. The van der Waals surface area contributed by atoms with Crippen molar-refractivity contribution in [1.29, 1.82) is 0 Å². The Kier molecular flexibility index (Phi) is 2.30. The molecule has 1 aromatic rings. The summed E-state index contributed by atoms with van der Waals surface area (Å²) in [7, 11) is 0. The lowest BCUT2D eigenvalue weighted by molar-refractivity contribution is 0.161. The smallest absolute Gasteiger partial charge is 0.213 e. The van der Waals surface area contributed by atoms with Gasteiger partial charge < -0.3 is 5.21 Å². The van der Waals surface area contributed by atoms with Crippen molar-refractivity contribution in [2.45, 2.75) is 6.54 Å². The Morgan fingerprint density at radius 2 is 2.50 bits per heavy atom. The SMILES string of the molecule is ONCc1ccnc(F)c1. The fraction of sp³-hybridized carbons (Fsp3) is 0.167. The number of halogens is 1. The van der Waals surface area contributed by atoms with Crippen LogP contribution in [-0.4, -0.2) is 10.2 Å². The highest BCUT2D eigenvalue weighted by atomic mass is 19.1. The first-order valence-electron chi connectivity index (χ1n) is 2.80. The quantitative estimate of drug-likeness (QED) is 0.472. The van der Waals surface area contributed by atoms with Gasteiger partial charge in [0, 0.05) is 12.7 Å². The minimum atomic E-state index is -0.534. The van der Waals surface area contributed by atoms with Crippen molar-refractivity contribution in [2.75, 3.05) is 0 Å². The largest absolute Gasteiger partial charge is 0.316 e. The first kappa shape index (κ1) is 7.11. The van der Waals surface area contributed by atoms with Crippen LogP contribution in [0.3, 0.4) is 0 Å². The van der Waals surface area contributed by atoms with E-state index in [1.54, 1.807) is 6.07 Å². The molecule has 1 heterocycles. The number of pyridine rings is 1. The lowest BCUT2D eigenvalue weighted by Gasteiger charge is -1.96. The van der Waals surface area contributed by atoms with Crippen LogP contribution in [0.1, 0.15) is 5.56 Å². The molecule has 0 fully saturated rings. The molecule has 54 valence electrons. The average Bonchev–Trinajstić information content (AvgIpc) is 1.88. The molecule has 0 bridgehead atoms. The monoisotopic (exact) mass is 142 g/mol. The molecule has 0 radical (unpaired) electrons. The Labute approximate surface area is 57.5 Å². The summed E-state index contributed by atoms with van der Waals surface area (Å²) in [5.41, 5.74) is 2.58. The van der Waals surface area contributed by atoms with Crippen molar-refractivity contribution in [3.05, 3.63) is 29.8 Å². The van der Waals surface area contributed by atoms with Crippen LogP contribution in [0.15, 0.2) is 18.3 Å². The summed E-state index contributed by atoms with van der Waals surface area (Å²) in [5.74, 6) is -0.534. The molecule has 3 nitrogen and oxygen atoms in total. The van der Waals surface area contributed by atoms with Crippen LogP contribution in [0, 0.1) is 5.95 Å². The molecular weight excluding hydrogens is 135 g/mol. The summed E-state index contributed by atoms with van der Waals surface area (Å²) in [5, 5.41) is 8.22. The molecule has 0 saturated heterocycles. The molecule has 4 heteroatoms. The van der Waals surface area contributed by atoms with Gasteiger partial charge in [0.15, 0.2) is 0 Å². The summed E-state index contributed by atoms with van der Waals surface area (Å²) >= 11 is 0. The maximum Gasteiger partial charge on any atom is 0.213 e. The summed E-state index contributed by atoms with van der Waals surface area (Å²) in [6.07, 6.45) is 1.35. The Hall–Kier alpha value is -1.00. The van der Waals surface area contributed by atoms with E-state index in [1.807, 2.05) is 5.48 Å². The molecule has 0 unspecified atom stereocenters. The second-order valence-corrected chi connectivity index (χ2v) is 1.82. The number of nitrogens with zero attached hydrogens (tertiary/aromatic N) is 1. The van der Waals surface area contributed by atoms with E-state index in [9.17, 15) is 4.39 Å². The van der Waals surface area contributed by atoms with Gasteiger partial charge in [-0.2, -0.15) is 4.39 Å². The third-order valence-electron chi connectivity index (χ3n) is 1.07. The van der Waals surface area contributed by atoms with E-state index in [4.69, 9.17) is 5.21 Å². The minimum Gasteiger partial charge on any atom is -0.316 e. The highest BCUT2D eigenvalue weighted by Crippen LogP contribution is 1.98. The molecule has 2 N–H and O–H groups in total. The molecule has 0 aliphatic rings. The molecule has 10 heavy (non-hydrogen) atoms. The van der Waals surface area contributed by atoms with Gasteiger partial charge in [-0.1, -0.05) is 0 Å². The van der Waals surface area contributed by atoms with E-state index in [1.165, 1.54) is 12.3 Å². The Morgan fingerprint density at radius 1 is 1.70 bits per heavy atom. The molecule has 0 aliphatic heterocycles. The standard InChI is InChI=1S/C6H7FN2O/c7-6-3-5(4-9-10)1-2-8-6/h1-3,9-10H,4H2. The molecule has 1 rings (SSSR count). The Morgan fingerprint density at radius 3 is 3.10 bits per heavy atom. The predicted molar refractivity (Wildman–Crippen MR) is 32.8 cm³/mol. The molecular formula is C6H7FN2O. The fourth-order valence-corrected chi connectivity index (χ4v) is 0.644. The van der Waals surface area contributed by atoms with Gasteiger partial charge in [0.2, 0.25) is 5.95 Å². The highest BCUT2D eigenvalue weighted by Gasteiger charge is 1.92. The molecule has 0 amide bonds. The molecule has 0 aliphatic carbocycles. The lowest BCUT2D eigenvalue weighted by atomic mass is 10.3.